The van der Waals surface area contributed by atoms with Gasteiger partial charge in [0.15, 0.2) is 5.96 Å². The number of piperidine rings is 1. The summed E-state index contributed by atoms with van der Waals surface area (Å²) in [7, 11) is 4.30. The number of hydrogen-bond acceptors (Lipinski definition) is 2. The molecular weight excluding hydrogens is 399 g/mol. The molecule has 0 saturated carbocycles. The van der Waals surface area contributed by atoms with E-state index in [1.54, 1.807) is 0 Å². The first-order valence-electron chi connectivity index (χ1n) is 9.31. The van der Waals surface area contributed by atoms with Crippen LogP contribution in [0.4, 0.5) is 0 Å². The van der Waals surface area contributed by atoms with Gasteiger partial charge in [-0.15, -0.1) is 24.0 Å². The standard InChI is InChI=1S/C18H38N4.HI/c1-5-19-18(22-15-11-12-17(2)16-22)20-13-9-7-6-8-10-14-21(3)4;/h17H,5-16H2,1-4H3,(H,19,20);1H. The third-order valence-electron chi connectivity index (χ3n) is 4.32. The van der Waals surface area contributed by atoms with E-state index in [2.05, 4.69) is 43.1 Å². The summed E-state index contributed by atoms with van der Waals surface area (Å²) in [5.74, 6) is 1.94. The largest absolute Gasteiger partial charge is 0.357 e. The van der Waals surface area contributed by atoms with Gasteiger partial charge in [0.25, 0.3) is 0 Å². The van der Waals surface area contributed by atoms with Crippen LogP contribution in [0.3, 0.4) is 0 Å². The van der Waals surface area contributed by atoms with Crippen molar-refractivity contribution in [2.24, 2.45) is 10.9 Å². The Hall–Kier alpha value is -0.0400. The summed E-state index contributed by atoms with van der Waals surface area (Å²) >= 11 is 0. The van der Waals surface area contributed by atoms with Gasteiger partial charge in [-0.25, -0.2) is 0 Å². The normalized spacial score (nSPS) is 18.9. The van der Waals surface area contributed by atoms with Crippen molar-refractivity contribution in [3.8, 4) is 0 Å². The van der Waals surface area contributed by atoms with Crippen LogP contribution in [-0.4, -0.2) is 62.6 Å². The molecule has 0 aliphatic carbocycles. The lowest BCUT2D eigenvalue weighted by Crippen LogP contribution is -2.46. The van der Waals surface area contributed by atoms with Gasteiger partial charge in [-0.1, -0.05) is 26.2 Å². The van der Waals surface area contributed by atoms with Gasteiger partial charge < -0.3 is 15.1 Å². The van der Waals surface area contributed by atoms with Crippen molar-refractivity contribution < 1.29 is 0 Å². The number of guanidine groups is 1. The molecule has 1 heterocycles. The number of halogens is 1. The Morgan fingerprint density at radius 1 is 1.17 bits per heavy atom. The van der Waals surface area contributed by atoms with Gasteiger partial charge in [0, 0.05) is 26.2 Å². The third kappa shape index (κ3) is 11.2. The second kappa shape index (κ2) is 14.3. The smallest absolute Gasteiger partial charge is 0.193 e. The second-order valence-electron chi connectivity index (χ2n) is 7.00. The number of likely N-dealkylation sites (tertiary alicyclic amines) is 1. The summed E-state index contributed by atoms with van der Waals surface area (Å²) in [4.78, 5) is 9.56. The van der Waals surface area contributed by atoms with E-state index in [1.165, 1.54) is 58.0 Å². The number of unbranched alkanes of at least 4 members (excludes halogenated alkanes) is 4. The lowest BCUT2D eigenvalue weighted by Gasteiger charge is -2.33. The molecule has 4 nitrogen and oxygen atoms in total. The number of hydrogen-bond donors (Lipinski definition) is 1. The molecule has 0 aromatic carbocycles. The highest BCUT2D eigenvalue weighted by Crippen LogP contribution is 2.15. The SMILES string of the molecule is CCNC(=NCCCCCCCN(C)C)N1CCCC(C)C1.I. The van der Waals surface area contributed by atoms with E-state index < -0.39 is 0 Å². The van der Waals surface area contributed by atoms with Crippen LogP contribution in [0.1, 0.15) is 58.8 Å². The van der Waals surface area contributed by atoms with Gasteiger partial charge >= 0.3 is 0 Å². The van der Waals surface area contributed by atoms with Crippen LogP contribution in [0, 0.1) is 5.92 Å². The zero-order chi connectivity index (χ0) is 16.2. The number of rotatable bonds is 9. The second-order valence-corrected chi connectivity index (χ2v) is 7.00. The van der Waals surface area contributed by atoms with Gasteiger partial charge in [0.1, 0.15) is 0 Å². The van der Waals surface area contributed by atoms with Gasteiger partial charge in [0.05, 0.1) is 0 Å². The van der Waals surface area contributed by atoms with Crippen LogP contribution in [0.5, 0.6) is 0 Å². The molecule has 0 aromatic heterocycles. The predicted octanol–water partition coefficient (Wildman–Crippen LogP) is 3.81. The Bertz CT molecular complexity index is 307. The summed E-state index contributed by atoms with van der Waals surface area (Å²) in [6, 6.07) is 0. The molecule has 1 aliphatic heterocycles. The number of aliphatic imine (C=N–C) groups is 1. The van der Waals surface area contributed by atoms with E-state index in [0.717, 1.165) is 31.5 Å². The van der Waals surface area contributed by atoms with Crippen LogP contribution < -0.4 is 5.32 Å². The monoisotopic (exact) mass is 438 g/mol. The quantitative estimate of drug-likeness (QED) is 0.257. The zero-order valence-corrected chi connectivity index (χ0v) is 18.1. The highest BCUT2D eigenvalue weighted by molar-refractivity contribution is 14.0. The fraction of sp³-hybridized carbons (Fsp3) is 0.944. The van der Waals surface area contributed by atoms with Crippen LogP contribution in [-0.2, 0) is 0 Å². The fourth-order valence-electron chi connectivity index (χ4n) is 3.06. The lowest BCUT2D eigenvalue weighted by molar-refractivity contribution is 0.266. The van der Waals surface area contributed by atoms with E-state index in [1.807, 2.05) is 0 Å². The van der Waals surface area contributed by atoms with Crippen molar-refractivity contribution >= 4 is 29.9 Å². The maximum atomic E-state index is 4.84. The molecule has 1 saturated heterocycles. The summed E-state index contributed by atoms with van der Waals surface area (Å²) in [5.41, 5.74) is 0. The molecule has 0 radical (unpaired) electrons. The summed E-state index contributed by atoms with van der Waals surface area (Å²) in [6.45, 7) is 10.00. The van der Waals surface area contributed by atoms with Crippen molar-refractivity contribution in [2.75, 3.05) is 46.8 Å². The van der Waals surface area contributed by atoms with Crippen molar-refractivity contribution in [3.63, 3.8) is 0 Å². The molecule has 1 fully saturated rings. The Morgan fingerprint density at radius 3 is 2.52 bits per heavy atom. The van der Waals surface area contributed by atoms with Crippen LogP contribution in [0.2, 0.25) is 0 Å². The first-order chi connectivity index (χ1) is 10.6. The Kier molecular flexibility index (Phi) is 14.3. The van der Waals surface area contributed by atoms with Crippen molar-refractivity contribution in [1.29, 1.82) is 0 Å². The molecule has 1 atom stereocenters. The van der Waals surface area contributed by atoms with Gasteiger partial charge in [-0.2, -0.15) is 0 Å². The fourth-order valence-corrected chi connectivity index (χ4v) is 3.06. The maximum Gasteiger partial charge on any atom is 0.193 e. The average molecular weight is 438 g/mol. The summed E-state index contributed by atoms with van der Waals surface area (Å²) in [6.07, 6.45) is 9.23. The molecular formula is C18H39IN4. The minimum atomic E-state index is 0. The van der Waals surface area contributed by atoms with E-state index >= 15 is 0 Å². The molecule has 1 rings (SSSR count). The molecule has 0 bridgehead atoms. The molecule has 138 valence electrons. The van der Waals surface area contributed by atoms with Crippen molar-refractivity contribution in [1.82, 2.24) is 15.1 Å². The molecule has 5 heteroatoms. The minimum absolute atomic E-state index is 0. The van der Waals surface area contributed by atoms with E-state index in [0.29, 0.717) is 0 Å². The van der Waals surface area contributed by atoms with Gasteiger partial charge in [-0.3, -0.25) is 4.99 Å². The molecule has 1 unspecified atom stereocenters. The first kappa shape index (κ1) is 23.0. The first-order valence-corrected chi connectivity index (χ1v) is 9.31. The molecule has 0 amide bonds. The molecule has 0 aromatic rings. The van der Waals surface area contributed by atoms with Gasteiger partial charge in [-0.05, 0) is 59.2 Å². The molecule has 1 N–H and O–H groups in total. The topological polar surface area (TPSA) is 30.9 Å². The summed E-state index contributed by atoms with van der Waals surface area (Å²) in [5, 5.41) is 3.47. The summed E-state index contributed by atoms with van der Waals surface area (Å²) < 4.78 is 0. The predicted molar refractivity (Wildman–Crippen MR) is 113 cm³/mol. The van der Waals surface area contributed by atoms with E-state index in [4.69, 9.17) is 4.99 Å². The van der Waals surface area contributed by atoms with E-state index in [9.17, 15) is 0 Å². The number of nitrogens with one attached hydrogen (secondary N) is 1. The van der Waals surface area contributed by atoms with E-state index in [-0.39, 0.29) is 24.0 Å². The Morgan fingerprint density at radius 2 is 1.87 bits per heavy atom. The van der Waals surface area contributed by atoms with Crippen LogP contribution in [0.15, 0.2) is 4.99 Å². The minimum Gasteiger partial charge on any atom is -0.357 e. The molecule has 23 heavy (non-hydrogen) atoms. The van der Waals surface area contributed by atoms with Crippen LogP contribution in [0.25, 0.3) is 0 Å². The number of nitrogens with zero attached hydrogens (tertiary/aromatic N) is 3. The molecule has 0 spiro atoms. The maximum absolute atomic E-state index is 4.84. The average Bonchev–Trinajstić information content (AvgIpc) is 2.48. The highest BCUT2D eigenvalue weighted by atomic mass is 127. The van der Waals surface area contributed by atoms with Gasteiger partial charge in [0.2, 0.25) is 0 Å². The Labute approximate surface area is 161 Å². The third-order valence-corrected chi connectivity index (χ3v) is 4.32. The van der Waals surface area contributed by atoms with Crippen molar-refractivity contribution in [3.05, 3.63) is 0 Å². The van der Waals surface area contributed by atoms with Crippen molar-refractivity contribution in [2.45, 2.75) is 58.8 Å². The zero-order valence-electron chi connectivity index (χ0n) is 15.8. The lowest BCUT2D eigenvalue weighted by atomic mass is 10.0. The Balaban J connectivity index is 0.00000484. The van der Waals surface area contributed by atoms with Crippen LogP contribution >= 0.6 is 24.0 Å². The molecule has 1 aliphatic rings. The highest BCUT2D eigenvalue weighted by Gasteiger charge is 2.18.